The zero-order valence-corrected chi connectivity index (χ0v) is 12.4. The van der Waals surface area contributed by atoms with Gasteiger partial charge in [0, 0.05) is 18.7 Å². The summed E-state index contributed by atoms with van der Waals surface area (Å²) in [6, 6.07) is 6.27. The zero-order chi connectivity index (χ0) is 15.5. The minimum Gasteiger partial charge on any atom is -0.299 e. The highest BCUT2D eigenvalue weighted by Crippen LogP contribution is 2.21. The Morgan fingerprint density at radius 3 is 2.90 bits per heavy atom. The Bertz CT molecular complexity index is 655. The van der Waals surface area contributed by atoms with E-state index < -0.39 is 10.0 Å². The fourth-order valence-electron chi connectivity index (χ4n) is 2.77. The molecule has 1 aliphatic heterocycles. The second kappa shape index (κ2) is 6.52. The molecular weight excluding hydrogens is 293 g/mol. The first-order chi connectivity index (χ1) is 9.87. The van der Waals surface area contributed by atoms with Gasteiger partial charge in [0.15, 0.2) is 0 Å². The summed E-state index contributed by atoms with van der Waals surface area (Å²) < 4.78 is 36.1. The third kappa shape index (κ3) is 4.77. The maximum absolute atomic E-state index is 13.8. The minimum atomic E-state index is -3.48. The van der Waals surface area contributed by atoms with E-state index >= 15 is 0 Å². The number of nitriles is 1. The average molecular weight is 311 g/mol. The molecule has 1 aliphatic rings. The van der Waals surface area contributed by atoms with Crippen LogP contribution in [0.3, 0.4) is 0 Å². The standard InChI is InChI=1S/C14H18FN3O2S/c15-14-4-3-11(7-16)6-13(14)9-18-5-1-2-12(8-18)10-21(17,19)20/h3-4,6,12H,1-2,5,8-10H2,(H2,17,19,20). The predicted octanol–water partition coefficient (Wildman–Crippen LogP) is 1.20. The molecule has 114 valence electrons. The van der Waals surface area contributed by atoms with Crippen molar-refractivity contribution >= 4 is 10.0 Å². The second-order valence-electron chi connectivity index (χ2n) is 5.49. The molecule has 0 bridgehead atoms. The molecule has 0 radical (unpaired) electrons. The van der Waals surface area contributed by atoms with Gasteiger partial charge in [-0.2, -0.15) is 5.26 Å². The smallest absolute Gasteiger partial charge is 0.209 e. The van der Waals surface area contributed by atoms with Gasteiger partial charge in [0.05, 0.1) is 17.4 Å². The molecule has 0 aromatic heterocycles. The van der Waals surface area contributed by atoms with Gasteiger partial charge in [-0.1, -0.05) is 0 Å². The molecule has 2 rings (SSSR count). The Morgan fingerprint density at radius 2 is 2.24 bits per heavy atom. The molecule has 1 atom stereocenters. The Labute approximate surface area is 124 Å². The summed E-state index contributed by atoms with van der Waals surface area (Å²) in [4.78, 5) is 2.01. The van der Waals surface area contributed by atoms with Gasteiger partial charge in [0.1, 0.15) is 5.82 Å². The maximum Gasteiger partial charge on any atom is 0.209 e. The number of piperidine rings is 1. The van der Waals surface area contributed by atoms with E-state index in [0.717, 1.165) is 19.4 Å². The van der Waals surface area contributed by atoms with E-state index in [1.807, 2.05) is 11.0 Å². The van der Waals surface area contributed by atoms with Crippen LogP contribution < -0.4 is 5.14 Å². The fraction of sp³-hybridized carbons (Fsp3) is 0.500. The first-order valence-corrected chi connectivity index (χ1v) is 8.50. The predicted molar refractivity (Wildman–Crippen MR) is 77.1 cm³/mol. The Balaban J connectivity index is 2.04. The topological polar surface area (TPSA) is 87.2 Å². The van der Waals surface area contributed by atoms with Crippen LogP contribution in [0.5, 0.6) is 0 Å². The van der Waals surface area contributed by atoms with Crippen molar-refractivity contribution < 1.29 is 12.8 Å². The molecule has 1 heterocycles. The molecule has 5 nitrogen and oxygen atoms in total. The number of hydrogen-bond donors (Lipinski definition) is 1. The average Bonchev–Trinajstić information content (AvgIpc) is 2.40. The summed E-state index contributed by atoms with van der Waals surface area (Å²) in [5.74, 6) is -0.400. The summed E-state index contributed by atoms with van der Waals surface area (Å²) in [7, 11) is -3.48. The molecule has 1 saturated heterocycles. The van der Waals surface area contributed by atoms with E-state index in [-0.39, 0.29) is 17.5 Å². The zero-order valence-electron chi connectivity index (χ0n) is 11.6. The second-order valence-corrected chi connectivity index (χ2v) is 7.15. The third-order valence-corrected chi connectivity index (χ3v) is 4.58. The first kappa shape index (κ1) is 15.9. The quantitative estimate of drug-likeness (QED) is 0.905. The van der Waals surface area contributed by atoms with E-state index in [1.165, 1.54) is 12.1 Å². The molecule has 0 amide bonds. The van der Waals surface area contributed by atoms with Crippen LogP contribution in [0, 0.1) is 23.1 Å². The minimum absolute atomic E-state index is 0.0176. The van der Waals surface area contributed by atoms with Crippen LogP contribution in [0.4, 0.5) is 4.39 Å². The summed E-state index contributed by atoms with van der Waals surface area (Å²) >= 11 is 0. The molecule has 0 spiro atoms. The molecule has 0 aliphatic carbocycles. The number of nitrogens with zero attached hydrogens (tertiary/aromatic N) is 2. The summed E-state index contributed by atoms with van der Waals surface area (Å²) in [6.45, 7) is 1.74. The van der Waals surface area contributed by atoms with Crippen LogP contribution in [0.1, 0.15) is 24.0 Å². The van der Waals surface area contributed by atoms with Crippen LogP contribution in [-0.4, -0.2) is 32.2 Å². The first-order valence-electron chi connectivity index (χ1n) is 6.79. The van der Waals surface area contributed by atoms with Gasteiger partial charge in [-0.25, -0.2) is 17.9 Å². The normalized spacial score (nSPS) is 20.1. The number of sulfonamides is 1. The highest BCUT2D eigenvalue weighted by Gasteiger charge is 2.24. The van der Waals surface area contributed by atoms with Crippen LogP contribution in [-0.2, 0) is 16.6 Å². The molecule has 0 saturated carbocycles. The van der Waals surface area contributed by atoms with Gasteiger partial charge in [0.2, 0.25) is 10.0 Å². The van der Waals surface area contributed by atoms with Crippen molar-refractivity contribution in [2.75, 3.05) is 18.8 Å². The van der Waals surface area contributed by atoms with Crippen LogP contribution in [0.25, 0.3) is 0 Å². The lowest BCUT2D eigenvalue weighted by Crippen LogP contribution is -2.39. The lowest BCUT2D eigenvalue weighted by molar-refractivity contribution is 0.176. The summed E-state index contributed by atoms with van der Waals surface area (Å²) in [5, 5.41) is 13.9. The molecule has 1 aromatic carbocycles. The Morgan fingerprint density at radius 1 is 1.48 bits per heavy atom. The monoisotopic (exact) mass is 311 g/mol. The lowest BCUT2D eigenvalue weighted by atomic mass is 9.99. The number of likely N-dealkylation sites (tertiary alicyclic amines) is 1. The van der Waals surface area contributed by atoms with E-state index in [1.54, 1.807) is 6.07 Å². The van der Waals surface area contributed by atoms with Gasteiger partial charge >= 0.3 is 0 Å². The van der Waals surface area contributed by atoms with Crippen LogP contribution >= 0.6 is 0 Å². The SMILES string of the molecule is N#Cc1ccc(F)c(CN2CCCC(CS(N)(=O)=O)C2)c1. The Kier molecular flexibility index (Phi) is 4.93. The van der Waals surface area contributed by atoms with E-state index in [2.05, 4.69) is 0 Å². The van der Waals surface area contributed by atoms with Crippen LogP contribution in [0.15, 0.2) is 18.2 Å². The van der Waals surface area contributed by atoms with Crippen molar-refractivity contribution in [2.24, 2.45) is 11.1 Å². The van der Waals surface area contributed by atoms with Gasteiger partial charge < -0.3 is 0 Å². The molecule has 7 heteroatoms. The van der Waals surface area contributed by atoms with Gasteiger partial charge in [-0.15, -0.1) is 0 Å². The van der Waals surface area contributed by atoms with Crippen molar-refractivity contribution in [2.45, 2.75) is 19.4 Å². The molecule has 2 N–H and O–H groups in total. The third-order valence-electron chi connectivity index (χ3n) is 3.64. The van der Waals surface area contributed by atoms with Crippen molar-refractivity contribution in [1.82, 2.24) is 4.90 Å². The highest BCUT2D eigenvalue weighted by atomic mass is 32.2. The van der Waals surface area contributed by atoms with E-state index in [4.69, 9.17) is 10.4 Å². The van der Waals surface area contributed by atoms with Crippen molar-refractivity contribution in [3.05, 3.63) is 35.1 Å². The number of benzene rings is 1. The fourth-order valence-corrected chi connectivity index (χ4v) is 3.69. The van der Waals surface area contributed by atoms with Crippen molar-refractivity contribution in [3.8, 4) is 6.07 Å². The lowest BCUT2D eigenvalue weighted by Gasteiger charge is -2.32. The van der Waals surface area contributed by atoms with Gasteiger partial charge in [0.25, 0.3) is 0 Å². The van der Waals surface area contributed by atoms with Crippen LogP contribution in [0.2, 0.25) is 0 Å². The molecule has 1 aromatic rings. The largest absolute Gasteiger partial charge is 0.299 e. The number of nitrogens with two attached hydrogens (primary N) is 1. The molecule has 1 fully saturated rings. The van der Waals surface area contributed by atoms with Crippen molar-refractivity contribution in [3.63, 3.8) is 0 Å². The molecule has 21 heavy (non-hydrogen) atoms. The number of primary sulfonamides is 1. The summed E-state index contributed by atoms with van der Waals surface area (Å²) in [5.41, 5.74) is 0.884. The van der Waals surface area contributed by atoms with E-state index in [9.17, 15) is 12.8 Å². The Hall–Kier alpha value is -1.49. The number of halogens is 1. The number of rotatable bonds is 4. The van der Waals surface area contributed by atoms with Gasteiger partial charge in [-0.05, 0) is 43.5 Å². The number of hydrogen-bond acceptors (Lipinski definition) is 4. The molecular formula is C14H18FN3O2S. The molecule has 1 unspecified atom stereocenters. The maximum atomic E-state index is 13.8. The van der Waals surface area contributed by atoms with Gasteiger partial charge in [-0.3, -0.25) is 4.90 Å². The summed E-state index contributed by atoms with van der Waals surface area (Å²) in [6.07, 6.45) is 1.67. The van der Waals surface area contributed by atoms with Crippen molar-refractivity contribution in [1.29, 1.82) is 5.26 Å². The van der Waals surface area contributed by atoms with E-state index in [0.29, 0.717) is 24.2 Å². The highest BCUT2D eigenvalue weighted by molar-refractivity contribution is 7.89.